The lowest BCUT2D eigenvalue weighted by molar-refractivity contribution is -0.139. The zero-order valence-electron chi connectivity index (χ0n) is 9.32. The van der Waals surface area contributed by atoms with Gasteiger partial charge < -0.3 is 10.4 Å². The van der Waals surface area contributed by atoms with Gasteiger partial charge in [0.15, 0.2) is 0 Å². The van der Waals surface area contributed by atoms with Crippen molar-refractivity contribution >= 4 is 43.7 Å². The van der Waals surface area contributed by atoms with Crippen molar-refractivity contribution in [2.45, 2.75) is 18.9 Å². The number of amides is 1. The molecule has 2 N–H and O–H groups in total. The second-order valence-corrected chi connectivity index (χ2v) is 6.12. The summed E-state index contributed by atoms with van der Waals surface area (Å²) in [7, 11) is 0. The summed E-state index contributed by atoms with van der Waals surface area (Å²) in [5.74, 6) is -1.27. The first-order valence-corrected chi connectivity index (χ1v) is 7.06. The second-order valence-electron chi connectivity index (χ2n) is 4.28. The Morgan fingerprint density at radius 2 is 1.78 bits per heavy atom. The van der Waals surface area contributed by atoms with E-state index >= 15 is 0 Å². The predicted molar refractivity (Wildman–Crippen MR) is 73.5 cm³/mol. The van der Waals surface area contributed by atoms with Crippen LogP contribution in [0.2, 0.25) is 0 Å². The number of rotatable bonds is 4. The van der Waals surface area contributed by atoms with E-state index in [0.717, 1.165) is 21.8 Å². The van der Waals surface area contributed by atoms with Crippen LogP contribution in [-0.2, 0) is 4.79 Å². The number of halogens is 2. The number of carboxylic acids is 1. The number of carbonyl (C=O) groups is 2. The van der Waals surface area contributed by atoms with Gasteiger partial charge in [0.25, 0.3) is 5.91 Å². The third-order valence-electron chi connectivity index (χ3n) is 2.77. The van der Waals surface area contributed by atoms with Gasteiger partial charge in [0, 0.05) is 14.5 Å². The fourth-order valence-corrected chi connectivity index (χ4v) is 3.01. The molecule has 96 valence electrons. The summed E-state index contributed by atoms with van der Waals surface area (Å²) in [5, 5.41) is 11.6. The van der Waals surface area contributed by atoms with Crippen molar-refractivity contribution in [1.29, 1.82) is 0 Å². The molecule has 0 saturated heterocycles. The number of nitrogens with one attached hydrogen (secondary N) is 1. The van der Waals surface area contributed by atoms with Gasteiger partial charge in [-0.3, -0.25) is 4.79 Å². The molecule has 1 unspecified atom stereocenters. The standard InChI is InChI=1S/C12H11Br2NO3/c13-8-3-7(4-9(14)5-8)11(16)15-10(12(17)18)6-1-2-6/h3-6,10H,1-2H2,(H,15,16)(H,17,18). The fourth-order valence-electron chi connectivity index (χ4n) is 1.72. The van der Waals surface area contributed by atoms with Gasteiger partial charge in [-0.05, 0) is 37.0 Å². The van der Waals surface area contributed by atoms with Crippen molar-refractivity contribution in [1.82, 2.24) is 5.32 Å². The molecule has 0 radical (unpaired) electrons. The Bertz CT molecular complexity index is 480. The molecule has 1 amide bonds. The van der Waals surface area contributed by atoms with Gasteiger partial charge in [0.1, 0.15) is 6.04 Å². The minimum absolute atomic E-state index is 0.0713. The van der Waals surface area contributed by atoms with E-state index in [1.54, 1.807) is 12.1 Å². The zero-order valence-corrected chi connectivity index (χ0v) is 12.5. The van der Waals surface area contributed by atoms with Crippen LogP contribution in [0.4, 0.5) is 0 Å². The molecule has 1 aromatic carbocycles. The van der Waals surface area contributed by atoms with Gasteiger partial charge in [0.05, 0.1) is 0 Å². The first-order valence-electron chi connectivity index (χ1n) is 5.47. The molecular formula is C12H11Br2NO3. The quantitative estimate of drug-likeness (QED) is 0.849. The van der Waals surface area contributed by atoms with Gasteiger partial charge in [-0.15, -0.1) is 0 Å². The maximum absolute atomic E-state index is 12.0. The Morgan fingerprint density at radius 1 is 1.22 bits per heavy atom. The highest BCUT2D eigenvalue weighted by atomic mass is 79.9. The van der Waals surface area contributed by atoms with E-state index in [1.807, 2.05) is 6.07 Å². The lowest BCUT2D eigenvalue weighted by atomic mass is 10.1. The first kappa shape index (κ1) is 13.5. The molecule has 0 spiro atoms. The molecule has 4 nitrogen and oxygen atoms in total. The molecule has 18 heavy (non-hydrogen) atoms. The number of hydrogen-bond acceptors (Lipinski definition) is 2. The van der Waals surface area contributed by atoms with Crippen LogP contribution in [0.25, 0.3) is 0 Å². The molecule has 1 aliphatic carbocycles. The zero-order chi connectivity index (χ0) is 13.3. The second kappa shape index (κ2) is 5.40. The predicted octanol–water partition coefficient (Wildman–Crippen LogP) is 2.80. The SMILES string of the molecule is O=C(NC(C(=O)O)C1CC1)c1cc(Br)cc(Br)c1. The average Bonchev–Trinajstić information content (AvgIpc) is 3.07. The molecule has 1 aromatic rings. The lowest BCUT2D eigenvalue weighted by Gasteiger charge is -2.13. The van der Waals surface area contributed by atoms with Gasteiger partial charge in [-0.25, -0.2) is 4.79 Å². The molecule has 0 bridgehead atoms. The smallest absolute Gasteiger partial charge is 0.326 e. The van der Waals surface area contributed by atoms with Crippen LogP contribution >= 0.6 is 31.9 Å². The Balaban J connectivity index is 2.13. The van der Waals surface area contributed by atoms with Crippen LogP contribution in [0.15, 0.2) is 27.1 Å². The Kier molecular flexibility index (Phi) is 4.07. The van der Waals surface area contributed by atoms with E-state index < -0.39 is 12.0 Å². The van der Waals surface area contributed by atoms with Crippen LogP contribution in [0, 0.1) is 5.92 Å². The maximum Gasteiger partial charge on any atom is 0.326 e. The number of aliphatic carboxylic acids is 1. The Hall–Kier alpha value is -0.880. The molecule has 1 aliphatic rings. The summed E-state index contributed by atoms with van der Waals surface area (Å²) in [4.78, 5) is 23.0. The largest absolute Gasteiger partial charge is 0.480 e. The van der Waals surface area contributed by atoms with Gasteiger partial charge in [-0.2, -0.15) is 0 Å². The summed E-state index contributed by atoms with van der Waals surface area (Å²) in [5.41, 5.74) is 0.433. The average molecular weight is 377 g/mol. The van der Waals surface area contributed by atoms with E-state index in [1.165, 1.54) is 0 Å². The summed E-state index contributed by atoms with van der Waals surface area (Å²) >= 11 is 6.58. The van der Waals surface area contributed by atoms with E-state index in [-0.39, 0.29) is 11.8 Å². The first-order chi connectivity index (χ1) is 8.47. The van der Waals surface area contributed by atoms with Gasteiger partial charge >= 0.3 is 5.97 Å². The highest BCUT2D eigenvalue weighted by molar-refractivity contribution is 9.11. The molecule has 1 fully saturated rings. The molecule has 6 heteroatoms. The number of carboxylic acid groups (broad SMARTS) is 1. The lowest BCUT2D eigenvalue weighted by Crippen LogP contribution is -2.42. The highest BCUT2D eigenvalue weighted by Gasteiger charge is 2.37. The minimum atomic E-state index is -0.972. The monoisotopic (exact) mass is 375 g/mol. The van der Waals surface area contributed by atoms with E-state index in [0.29, 0.717) is 5.56 Å². The third kappa shape index (κ3) is 3.32. The van der Waals surface area contributed by atoms with Crippen molar-refractivity contribution in [3.63, 3.8) is 0 Å². The van der Waals surface area contributed by atoms with Crippen molar-refractivity contribution in [3.8, 4) is 0 Å². The van der Waals surface area contributed by atoms with Crippen LogP contribution in [0.5, 0.6) is 0 Å². The van der Waals surface area contributed by atoms with Crippen LogP contribution in [-0.4, -0.2) is 23.0 Å². The number of benzene rings is 1. The Morgan fingerprint density at radius 3 is 2.22 bits per heavy atom. The summed E-state index contributed by atoms with van der Waals surface area (Å²) in [6.45, 7) is 0. The minimum Gasteiger partial charge on any atom is -0.480 e. The number of carbonyl (C=O) groups excluding carboxylic acids is 1. The van der Waals surface area contributed by atoms with Crippen LogP contribution in [0.1, 0.15) is 23.2 Å². The topological polar surface area (TPSA) is 66.4 Å². The molecule has 0 aromatic heterocycles. The Labute approximate surface area is 121 Å². The highest BCUT2D eigenvalue weighted by Crippen LogP contribution is 2.33. The molecule has 0 aliphatic heterocycles. The molecule has 1 atom stereocenters. The summed E-state index contributed by atoms with van der Waals surface area (Å²) < 4.78 is 1.53. The molecular weight excluding hydrogens is 366 g/mol. The third-order valence-corrected chi connectivity index (χ3v) is 3.69. The molecule has 1 saturated carbocycles. The summed E-state index contributed by atoms with van der Waals surface area (Å²) in [6.07, 6.45) is 1.72. The van der Waals surface area contributed by atoms with Crippen molar-refractivity contribution in [2.24, 2.45) is 5.92 Å². The summed E-state index contributed by atoms with van der Waals surface area (Å²) in [6, 6.07) is 4.35. The maximum atomic E-state index is 12.0. The van der Waals surface area contributed by atoms with Crippen molar-refractivity contribution in [2.75, 3.05) is 0 Å². The number of hydrogen-bond donors (Lipinski definition) is 2. The van der Waals surface area contributed by atoms with E-state index in [9.17, 15) is 9.59 Å². The van der Waals surface area contributed by atoms with Crippen molar-refractivity contribution in [3.05, 3.63) is 32.7 Å². The van der Waals surface area contributed by atoms with E-state index in [4.69, 9.17) is 5.11 Å². The fraction of sp³-hybridized carbons (Fsp3) is 0.333. The molecule has 0 heterocycles. The van der Waals surface area contributed by atoms with Crippen molar-refractivity contribution < 1.29 is 14.7 Å². The van der Waals surface area contributed by atoms with Gasteiger partial charge in [-0.1, -0.05) is 31.9 Å². The normalized spacial score (nSPS) is 16.1. The van der Waals surface area contributed by atoms with Crippen LogP contribution in [0.3, 0.4) is 0 Å². The van der Waals surface area contributed by atoms with Gasteiger partial charge in [0.2, 0.25) is 0 Å². The molecule has 2 rings (SSSR count). The van der Waals surface area contributed by atoms with Crippen LogP contribution < -0.4 is 5.32 Å². The van der Waals surface area contributed by atoms with E-state index in [2.05, 4.69) is 37.2 Å².